The predicted octanol–water partition coefficient (Wildman–Crippen LogP) is 1.70. The Labute approximate surface area is 126 Å². The number of rotatable bonds is 4. The third-order valence-electron chi connectivity index (χ3n) is 4.76. The van der Waals surface area contributed by atoms with Crippen molar-refractivity contribution in [1.82, 2.24) is 0 Å². The lowest BCUT2D eigenvalue weighted by molar-refractivity contribution is 0.175. The average Bonchev–Trinajstić information content (AvgIpc) is 2.98. The average molecular weight is 309 g/mol. The maximum absolute atomic E-state index is 11.6. The van der Waals surface area contributed by atoms with E-state index < -0.39 is 9.84 Å². The first kappa shape index (κ1) is 14.9. The number of aryl methyl sites for hydroxylation is 1. The molecule has 3 rings (SSSR count). The van der Waals surface area contributed by atoms with Gasteiger partial charge in [-0.3, -0.25) is 0 Å². The Morgan fingerprint density at radius 1 is 1.43 bits per heavy atom. The number of sulfone groups is 1. The van der Waals surface area contributed by atoms with Gasteiger partial charge in [0.2, 0.25) is 0 Å². The summed E-state index contributed by atoms with van der Waals surface area (Å²) in [5, 5.41) is 0. The van der Waals surface area contributed by atoms with Crippen molar-refractivity contribution < 1.29 is 13.2 Å². The molecule has 0 spiro atoms. The highest BCUT2D eigenvalue weighted by molar-refractivity contribution is 7.91. The molecule has 21 heavy (non-hydrogen) atoms. The fraction of sp³-hybridized carbons (Fsp3) is 0.625. The monoisotopic (exact) mass is 309 g/mol. The quantitative estimate of drug-likeness (QED) is 0.919. The molecule has 2 N–H and O–H groups in total. The Morgan fingerprint density at radius 3 is 2.90 bits per heavy atom. The minimum atomic E-state index is -2.84. The highest BCUT2D eigenvalue weighted by Crippen LogP contribution is 2.35. The summed E-state index contributed by atoms with van der Waals surface area (Å²) in [5.74, 6) is 2.03. The molecule has 116 valence electrons. The van der Waals surface area contributed by atoms with Crippen LogP contribution in [0.3, 0.4) is 0 Å². The van der Waals surface area contributed by atoms with Gasteiger partial charge in [-0.25, -0.2) is 8.42 Å². The van der Waals surface area contributed by atoms with Crippen LogP contribution >= 0.6 is 0 Å². The Balaban J connectivity index is 1.64. The van der Waals surface area contributed by atoms with Crippen molar-refractivity contribution in [2.45, 2.75) is 32.3 Å². The third kappa shape index (κ3) is 3.24. The number of ether oxygens (including phenoxy) is 1. The zero-order valence-electron chi connectivity index (χ0n) is 12.4. The van der Waals surface area contributed by atoms with E-state index in [0.29, 0.717) is 18.1 Å². The van der Waals surface area contributed by atoms with E-state index in [0.717, 1.165) is 25.0 Å². The zero-order valence-corrected chi connectivity index (χ0v) is 13.2. The molecule has 4 nitrogen and oxygen atoms in total. The molecular weight excluding hydrogens is 286 g/mol. The zero-order chi connectivity index (χ0) is 15.0. The second-order valence-electron chi connectivity index (χ2n) is 6.45. The third-order valence-corrected chi connectivity index (χ3v) is 6.55. The fourth-order valence-electron chi connectivity index (χ4n) is 3.60. The van der Waals surface area contributed by atoms with Crippen molar-refractivity contribution in [3.63, 3.8) is 0 Å². The maximum atomic E-state index is 11.6. The van der Waals surface area contributed by atoms with E-state index in [-0.39, 0.29) is 17.9 Å². The molecule has 1 aromatic rings. The summed E-state index contributed by atoms with van der Waals surface area (Å²) in [6, 6.07) is 6.26. The topological polar surface area (TPSA) is 69.4 Å². The molecule has 0 amide bonds. The molecule has 0 aliphatic carbocycles. The van der Waals surface area contributed by atoms with Crippen LogP contribution in [0.5, 0.6) is 5.75 Å². The molecule has 0 bridgehead atoms. The largest absolute Gasteiger partial charge is 0.490 e. The Bertz CT molecular complexity index is 626. The fourth-order valence-corrected chi connectivity index (χ4v) is 5.51. The molecule has 5 heteroatoms. The van der Waals surface area contributed by atoms with Gasteiger partial charge in [0.15, 0.2) is 9.84 Å². The molecule has 0 saturated carbocycles. The number of hydrogen-bond acceptors (Lipinski definition) is 4. The lowest BCUT2D eigenvalue weighted by Gasteiger charge is -2.23. The van der Waals surface area contributed by atoms with Crippen molar-refractivity contribution in [3.8, 4) is 5.75 Å². The minimum Gasteiger partial charge on any atom is -0.490 e. The van der Waals surface area contributed by atoms with E-state index in [1.54, 1.807) is 0 Å². The maximum Gasteiger partial charge on any atom is 0.150 e. The first-order chi connectivity index (χ1) is 9.97. The smallest absolute Gasteiger partial charge is 0.150 e. The van der Waals surface area contributed by atoms with Crippen LogP contribution in [0, 0.1) is 18.8 Å². The Morgan fingerprint density at radius 2 is 2.24 bits per heavy atom. The van der Waals surface area contributed by atoms with Crippen molar-refractivity contribution >= 4 is 9.84 Å². The first-order valence-corrected chi connectivity index (χ1v) is 9.45. The van der Waals surface area contributed by atoms with Crippen LogP contribution in [-0.2, 0) is 16.3 Å². The van der Waals surface area contributed by atoms with Gasteiger partial charge in [0, 0.05) is 6.42 Å². The Kier molecular flexibility index (Phi) is 3.97. The standard InChI is InChI=1S/C16H23NO3S/c1-11-2-3-16-13(6-11)7-15(20-16)8-14(9-17)12-4-5-21(18,19)10-12/h2-3,6,12,14-15H,4-5,7-10,17H2,1H3. The molecule has 3 unspecified atom stereocenters. The van der Waals surface area contributed by atoms with E-state index in [4.69, 9.17) is 10.5 Å². The van der Waals surface area contributed by atoms with Crippen molar-refractivity contribution in [1.29, 1.82) is 0 Å². The predicted molar refractivity (Wildman–Crippen MR) is 83.2 cm³/mol. The number of benzene rings is 1. The van der Waals surface area contributed by atoms with E-state index in [1.165, 1.54) is 11.1 Å². The van der Waals surface area contributed by atoms with E-state index in [2.05, 4.69) is 19.1 Å². The summed E-state index contributed by atoms with van der Waals surface area (Å²) in [4.78, 5) is 0. The molecule has 2 heterocycles. The van der Waals surface area contributed by atoms with Crippen molar-refractivity contribution in [2.75, 3.05) is 18.1 Å². The lowest BCUT2D eigenvalue weighted by atomic mass is 9.86. The highest BCUT2D eigenvalue weighted by Gasteiger charge is 2.35. The first-order valence-electron chi connectivity index (χ1n) is 7.63. The summed E-state index contributed by atoms with van der Waals surface area (Å²) in [6.07, 6.45) is 2.65. The van der Waals surface area contributed by atoms with E-state index >= 15 is 0 Å². The molecule has 1 aromatic carbocycles. The van der Waals surface area contributed by atoms with Crippen LogP contribution in [0.25, 0.3) is 0 Å². The van der Waals surface area contributed by atoms with Gasteiger partial charge >= 0.3 is 0 Å². The van der Waals surface area contributed by atoms with Crippen LogP contribution in [0.1, 0.15) is 24.0 Å². The molecule has 3 atom stereocenters. The lowest BCUT2D eigenvalue weighted by Crippen LogP contribution is -2.30. The second kappa shape index (κ2) is 5.61. The second-order valence-corrected chi connectivity index (χ2v) is 8.68. The molecule has 0 radical (unpaired) electrons. The van der Waals surface area contributed by atoms with E-state index in [1.807, 2.05) is 6.07 Å². The van der Waals surface area contributed by atoms with Gasteiger partial charge in [0.05, 0.1) is 11.5 Å². The van der Waals surface area contributed by atoms with Crippen molar-refractivity contribution in [3.05, 3.63) is 29.3 Å². The SMILES string of the molecule is Cc1ccc2c(c1)CC(CC(CN)C1CCS(=O)(=O)C1)O2. The molecule has 1 saturated heterocycles. The number of fused-ring (bicyclic) bond motifs is 1. The number of nitrogens with two attached hydrogens (primary N) is 1. The summed E-state index contributed by atoms with van der Waals surface area (Å²) in [6.45, 7) is 2.62. The highest BCUT2D eigenvalue weighted by atomic mass is 32.2. The molecular formula is C16H23NO3S. The van der Waals surface area contributed by atoms with Crippen LogP contribution in [0.2, 0.25) is 0 Å². The Hall–Kier alpha value is -1.07. The van der Waals surface area contributed by atoms with Gasteiger partial charge in [-0.2, -0.15) is 0 Å². The van der Waals surface area contributed by atoms with Crippen LogP contribution in [-0.4, -0.2) is 32.6 Å². The van der Waals surface area contributed by atoms with Crippen LogP contribution < -0.4 is 10.5 Å². The minimum absolute atomic E-state index is 0.138. The summed E-state index contributed by atoms with van der Waals surface area (Å²) in [7, 11) is -2.84. The summed E-state index contributed by atoms with van der Waals surface area (Å²) in [5.41, 5.74) is 8.40. The molecule has 2 aliphatic heterocycles. The summed E-state index contributed by atoms with van der Waals surface area (Å²) >= 11 is 0. The normalized spacial score (nSPS) is 28.1. The van der Waals surface area contributed by atoms with Crippen LogP contribution in [0.15, 0.2) is 18.2 Å². The molecule has 2 aliphatic rings. The number of hydrogen-bond donors (Lipinski definition) is 1. The molecule has 0 aromatic heterocycles. The van der Waals surface area contributed by atoms with Crippen molar-refractivity contribution in [2.24, 2.45) is 17.6 Å². The summed E-state index contributed by atoms with van der Waals surface area (Å²) < 4.78 is 29.3. The van der Waals surface area contributed by atoms with Gasteiger partial charge in [0.25, 0.3) is 0 Å². The molecule has 1 fully saturated rings. The van der Waals surface area contributed by atoms with Gasteiger partial charge in [-0.15, -0.1) is 0 Å². The van der Waals surface area contributed by atoms with Gasteiger partial charge in [-0.1, -0.05) is 17.7 Å². The van der Waals surface area contributed by atoms with Gasteiger partial charge in [0.1, 0.15) is 11.9 Å². The van der Waals surface area contributed by atoms with Gasteiger partial charge < -0.3 is 10.5 Å². The van der Waals surface area contributed by atoms with E-state index in [9.17, 15) is 8.42 Å². The van der Waals surface area contributed by atoms with Crippen LogP contribution in [0.4, 0.5) is 0 Å². The van der Waals surface area contributed by atoms with Gasteiger partial charge in [-0.05, 0) is 49.8 Å².